The van der Waals surface area contributed by atoms with Crippen LogP contribution in [0.25, 0.3) is 0 Å². The average Bonchev–Trinajstić information content (AvgIpc) is 2.19. The lowest BCUT2D eigenvalue weighted by atomic mass is 10.1. The summed E-state index contributed by atoms with van der Waals surface area (Å²) in [5.41, 5.74) is 1.43. The Morgan fingerprint density at radius 3 is 1.94 bits per heavy atom. The number of nitrogens with one attached hydrogen (secondary N) is 2. The van der Waals surface area contributed by atoms with Crippen LogP contribution in [-0.4, -0.2) is 11.8 Å². The fourth-order valence-corrected chi connectivity index (χ4v) is 1.86. The van der Waals surface area contributed by atoms with E-state index in [2.05, 4.69) is 10.6 Å². The molecule has 0 aliphatic rings. The van der Waals surface area contributed by atoms with Gasteiger partial charge in [-0.25, -0.2) is 0 Å². The lowest BCUT2D eigenvalue weighted by molar-refractivity contribution is -0.115. The van der Waals surface area contributed by atoms with E-state index < -0.39 is 0 Å². The van der Waals surface area contributed by atoms with Gasteiger partial charge >= 0.3 is 0 Å². The summed E-state index contributed by atoms with van der Waals surface area (Å²) in [6.07, 6.45) is 0. The van der Waals surface area contributed by atoms with Gasteiger partial charge in [-0.15, -0.1) is 0 Å². The van der Waals surface area contributed by atoms with Crippen molar-refractivity contribution in [3.05, 3.63) is 21.7 Å². The first kappa shape index (κ1) is 13.8. The van der Waals surface area contributed by atoms with Gasteiger partial charge in [0.2, 0.25) is 11.8 Å². The van der Waals surface area contributed by atoms with Crippen molar-refractivity contribution in [3.63, 3.8) is 0 Å². The van der Waals surface area contributed by atoms with Gasteiger partial charge in [-0.05, 0) is 18.6 Å². The zero-order valence-corrected chi connectivity index (χ0v) is 11.2. The molecule has 0 heterocycles. The van der Waals surface area contributed by atoms with Crippen molar-refractivity contribution in [2.75, 3.05) is 10.6 Å². The van der Waals surface area contributed by atoms with Crippen LogP contribution in [0.2, 0.25) is 10.0 Å². The van der Waals surface area contributed by atoms with Crippen LogP contribution in [0.3, 0.4) is 0 Å². The molecule has 0 unspecified atom stereocenters. The number of hydrogen-bond donors (Lipinski definition) is 2. The van der Waals surface area contributed by atoms with Gasteiger partial charge in [0.05, 0.1) is 16.4 Å². The molecule has 17 heavy (non-hydrogen) atoms. The van der Waals surface area contributed by atoms with Crippen LogP contribution in [-0.2, 0) is 9.59 Å². The minimum absolute atomic E-state index is 0.266. The quantitative estimate of drug-likeness (QED) is 0.870. The molecule has 0 fully saturated rings. The SMILES string of the molecule is CC(=O)Nc1c(Cl)cc(Cl)c(C)c1NC(C)=O. The van der Waals surface area contributed by atoms with E-state index >= 15 is 0 Å². The van der Waals surface area contributed by atoms with Gasteiger partial charge in [0, 0.05) is 18.9 Å². The highest BCUT2D eigenvalue weighted by molar-refractivity contribution is 6.38. The van der Waals surface area contributed by atoms with Crippen LogP contribution in [0.4, 0.5) is 11.4 Å². The molecular formula is C11H12Cl2N2O2. The molecule has 1 aromatic rings. The van der Waals surface area contributed by atoms with Gasteiger partial charge in [0.25, 0.3) is 0 Å². The zero-order chi connectivity index (χ0) is 13.2. The average molecular weight is 275 g/mol. The summed E-state index contributed by atoms with van der Waals surface area (Å²) < 4.78 is 0. The molecular weight excluding hydrogens is 263 g/mol. The molecule has 2 amide bonds. The number of amides is 2. The van der Waals surface area contributed by atoms with Crippen molar-refractivity contribution in [1.29, 1.82) is 0 Å². The molecule has 0 bridgehead atoms. The van der Waals surface area contributed by atoms with Crippen LogP contribution in [0, 0.1) is 6.92 Å². The second-order valence-electron chi connectivity index (χ2n) is 3.58. The molecule has 0 saturated carbocycles. The third-order valence-corrected chi connectivity index (χ3v) is 2.77. The smallest absolute Gasteiger partial charge is 0.221 e. The number of rotatable bonds is 2. The lowest BCUT2D eigenvalue weighted by Crippen LogP contribution is -2.14. The van der Waals surface area contributed by atoms with Crippen LogP contribution >= 0.6 is 23.2 Å². The molecule has 0 aliphatic carbocycles. The minimum Gasteiger partial charge on any atom is -0.324 e. The second kappa shape index (κ2) is 5.38. The summed E-state index contributed by atoms with van der Waals surface area (Å²) in [5.74, 6) is -0.543. The molecule has 1 rings (SSSR count). The number of hydrogen-bond acceptors (Lipinski definition) is 2. The molecule has 0 saturated heterocycles. The molecule has 0 aromatic heterocycles. The highest BCUT2D eigenvalue weighted by Gasteiger charge is 2.15. The van der Waals surface area contributed by atoms with Gasteiger partial charge in [-0.3, -0.25) is 9.59 Å². The summed E-state index contributed by atoms with van der Waals surface area (Å²) in [4.78, 5) is 22.2. The topological polar surface area (TPSA) is 58.2 Å². The van der Waals surface area contributed by atoms with Crippen molar-refractivity contribution in [2.24, 2.45) is 0 Å². The lowest BCUT2D eigenvalue weighted by Gasteiger charge is -2.16. The van der Waals surface area contributed by atoms with Crippen LogP contribution in [0.15, 0.2) is 6.07 Å². The highest BCUT2D eigenvalue weighted by Crippen LogP contribution is 2.38. The van der Waals surface area contributed by atoms with Crippen LogP contribution in [0.1, 0.15) is 19.4 Å². The molecule has 92 valence electrons. The van der Waals surface area contributed by atoms with Gasteiger partial charge in [-0.2, -0.15) is 0 Å². The predicted molar refractivity (Wildman–Crippen MR) is 69.8 cm³/mol. The molecule has 0 spiro atoms. The van der Waals surface area contributed by atoms with Crippen molar-refractivity contribution in [3.8, 4) is 0 Å². The zero-order valence-electron chi connectivity index (χ0n) is 9.65. The van der Waals surface area contributed by atoms with E-state index in [0.29, 0.717) is 22.0 Å². The van der Waals surface area contributed by atoms with Crippen molar-refractivity contribution < 1.29 is 9.59 Å². The highest BCUT2D eigenvalue weighted by atomic mass is 35.5. The Kier molecular flexibility index (Phi) is 4.37. The van der Waals surface area contributed by atoms with Gasteiger partial charge in [0.1, 0.15) is 0 Å². The Labute approximate surface area is 109 Å². The first-order valence-electron chi connectivity index (χ1n) is 4.86. The number of halogens is 2. The van der Waals surface area contributed by atoms with Gasteiger partial charge in [0.15, 0.2) is 0 Å². The molecule has 1 aromatic carbocycles. The van der Waals surface area contributed by atoms with E-state index in [1.54, 1.807) is 6.92 Å². The Hall–Kier alpha value is -1.26. The third kappa shape index (κ3) is 3.35. The molecule has 6 heteroatoms. The van der Waals surface area contributed by atoms with Crippen molar-refractivity contribution in [1.82, 2.24) is 0 Å². The molecule has 2 N–H and O–H groups in total. The largest absolute Gasteiger partial charge is 0.324 e. The first-order valence-corrected chi connectivity index (χ1v) is 5.62. The van der Waals surface area contributed by atoms with E-state index in [1.165, 1.54) is 19.9 Å². The van der Waals surface area contributed by atoms with E-state index in [9.17, 15) is 9.59 Å². The number of anilines is 2. The van der Waals surface area contributed by atoms with E-state index in [4.69, 9.17) is 23.2 Å². The number of carbonyl (C=O) groups is 2. The normalized spacial score (nSPS) is 9.94. The monoisotopic (exact) mass is 274 g/mol. The number of benzene rings is 1. The first-order chi connectivity index (χ1) is 7.82. The van der Waals surface area contributed by atoms with Crippen LogP contribution in [0.5, 0.6) is 0 Å². The van der Waals surface area contributed by atoms with Crippen LogP contribution < -0.4 is 10.6 Å². The summed E-state index contributed by atoms with van der Waals surface area (Å²) in [7, 11) is 0. The summed E-state index contributed by atoms with van der Waals surface area (Å²) in [6.45, 7) is 4.46. The fraction of sp³-hybridized carbons (Fsp3) is 0.273. The molecule has 0 atom stereocenters. The van der Waals surface area contributed by atoms with Gasteiger partial charge in [-0.1, -0.05) is 23.2 Å². The second-order valence-corrected chi connectivity index (χ2v) is 4.39. The fourth-order valence-electron chi connectivity index (χ4n) is 1.35. The summed E-state index contributed by atoms with van der Waals surface area (Å²) >= 11 is 11.9. The van der Waals surface area contributed by atoms with Gasteiger partial charge < -0.3 is 10.6 Å². The standard InChI is InChI=1S/C11H12Cl2N2O2/c1-5-8(12)4-9(13)11(15-7(3)17)10(5)14-6(2)16/h4H,1-3H3,(H,14,16)(H,15,17). The predicted octanol–water partition coefficient (Wildman–Crippen LogP) is 3.22. The Bertz CT molecular complexity index is 487. The molecule has 4 nitrogen and oxygen atoms in total. The van der Waals surface area contributed by atoms with E-state index in [0.717, 1.165) is 0 Å². The molecule has 0 radical (unpaired) electrons. The van der Waals surface area contributed by atoms with E-state index in [1.807, 2.05) is 0 Å². The Balaban J connectivity index is 3.38. The van der Waals surface area contributed by atoms with E-state index in [-0.39, 0.29) is 16.8 Å². The maximum Gasteiger partial charge on any atom is 0.221 e. The summed E-state index contributed by atoms with van der Waals surface area (Å²) in [5, 5.41) is 5.88. The summed E-state index contributed by atoms with van der Waals surface area (Å²) in [6, 6.07) is 1.52. The molecule has 0 aliphatic heterocycles. The van der Waals surface area contributed by atoms with Crippen molar-refractivity contribution >= 4 is 46.4 Å². The minimum atomic E-state index is -0.278. The Morgan fingerprint density at radius 1 is 1.00 bits per heavy atom. The Morgan fingerprint density at radius 2 is 1.47 bits per heavy atom. The maximum atomic E-state index is 11.1. The van der Waals surface area contributed by atoms with Crippen molar-refractivity contribution in [2.45, 2.75) is 20.8 Å². The number of carbonyl (C=O) groups excluding carboxylic acids is 2. The maximum absolute atomic E-state index is 11.1. The third-order valence-electron chi connectivity index (χ3n) is 2.08.